The summed E-state index contributed by atoms with van der Waals surface area (Å²) in [5, 5.41) is 16.5. The van der Waals surface area contributed by atoms with E-state index in [9.17, 15) is 14.3 Å². The molecule has 128 valence electrons. The van der Waals surface area contributed by atoms with Gasteiger partial charge in [0.15, 0.2) is 17.2 Å². The zero-order valence-corrected chi connectivity index (χ0v) is 13.3. The van der Waals surface area contributed by atoms with Gasteiger partial charge in [0.25, 0.3) is 5.91 Å². The van der Waals surface area contributed by atoms with Crippen LogP contribution in [0.3, 0.4) is 0 Å². The summed E-state index contributed by atoms with van der Waals surface area (Å²) in [7, 11) is 0. The Morgan fingerprint density at radius 2 is 2.20 bits per heavy atom. The number of rotatable bonds is 4. The monoisotopic (exact) mass is 341 g/mol. The van der Waals surface area contributed by atoms with Gasteiger partial charge < -0.3 is 10.4 Å². The minimum atomic E-state index is -0.626. The second-order valence-electron chi connectivity index (χ2n) is 6.09. The fraction of sp³-hybridized carbons (Fsp3) is 0.235. The van der Waals surface area contributed by atoms with Gasteiger partial charge in [-0.3, -0.25) is 9.69 Å². The van der Waals surface area contributed by atoms with Crippen LogP contribution in [0.4, 0.5) is 4.39 Å². The molecule has 7 nitrogen and oxygen atoms in total. The summed E-state index contributed by atoms with van der Waals surface area (Å²) < 4.78 is 14.6. The number of carbonyl (C=O) groups is 1. The average molecular weight is 341 g/mol. The first-order valence-corrected chi connectivity index (χ1v) is 7.89. The third-order valence-electron chi connectivity index (χ3n) is 4.22. The zero-order valence-electron chi connectivity index (χ0n) is 13.3. The van der Waals surface area contributed by atoms with E-state index in [1.807, 2.05) is 0 Å². The summed E-state index contributed by atoms with van der Waals surface area (Å²) in [5.74, 6) is -1.18. The first-order chi connectivity index (χ1) is 12.1. The molecule has 0 bridgehead atoms. The Bertz CT molecular complexity index is 936. The van der Waals surface area contributed by atoms with Gasteiger partial charge in [-0.25, -0.2) is 13.9 Å². The maximum Gasteiger partial charge on any atom is 0.271 e. The van der Waals surface area contributed by atoms with Crippen LogP contribution in [-0.4, -0.2) is 49.6 Å². The number of benzene rings is 1. The van der Waals surface area contributed by atoms with Gasteiger partial charge >= 0.3 is 0 Å². The van der Waals surface area contributed by atoms with Crippen LogP contribution in [0.2, 0.25) is 0 Å². The maximum atomic E-state index is 13.1. The second-order valence-corrected chi connectivity index (χ2v) is 6.09. The molecule has 1 fully saturated rings. The lowest BCUT2D eigenvalue weighted by Crippen LogP contribution is -2.58. The molecule has 1 saturated heterocycles. The zero-order chi connectivity index (χ0) is 17.4. The predicted molar refractivity (Wildman–Crippen MR) is 87.6 cm³/mol. The summed E-state index contributed by atoms with van der Waals surface area (Å²) in [4.78, 5) is 18.6. The molecule has 1 aromatic carbocycles. The van der Waals surface area contributed by atoms with E-state index in [2.05, 4.69) is 20.3 Å². The van der Waals surface area contributed by atoms with Crippen LogP contribution in [0.5, 0.6) is 5.75 Å². The SMILES string of the molecule is O=C(NC1CN(Cc2ccc(F)c(O)c2)C1)c1cnc2cccnn12. The molecule has 4 rings (SSSR count). The number of aromatic hydroxyl groups is 1. The highest BCUT2D eigenvalue weighted by Gasteiger charge is 2.29. The van der Waals surface area contributed by atoms with Crippen LogP contribution in [0, 0.1) is 5.82 Å². The number of carbonyl (C=O) groups excluding carboxylic acids is 1. The number of phenolic OH excluding ortho intramolecular Hbond substituents is 1. The predicted octanol–water partition coefficient (Wildman–Crippen LogP) is 1.19. The van der Waals surface area contributed by atoms with Crippen molar-refractivity contribution in [3.63, 3.8) is 0 Å². The number of fused-ring (bicyclic) bond motifs is 1. The van der Waals surface area contributed by atoms with Gasteiger partial charge in [0.05, 0.1) is 12.2 Å². The van der Waals surface area contributed by atoms with Gasteiger partial charge in [-0.2, -0.15) is 5.10 Å². The molecule has 0 unspecified atom stereocenters. The fourth-order valence-electron chi connectivity index (χ4n) is 2.95. The minimum absolute atomic E-state index is 0.0378. The number of halogens is 1. The van der Waals surface area contributed by atoms with Crippen molar-refractivity contribution in [2.45, 2.75) is 12.6 Å². The van der Waals surface area contributed by atoms with Crippen molar-refractivity contribution in [1.82, 2.24) is 24.8 Å². The van der Waals surface area contributed by atoms with Crippen LogP contribution >= 0.6 is 0 Å². The number of hydrogen-bond donors (Lipinski definition) is 2. The number of aromatic nitrogens is 3. The summed E-state index contributed by atoms with van der Waals surface area (Å²) in [6.07, 6.45) is 3.12. The molecule has 2 aromatic heterocycles. The minimum Gasteiger partial charge on any atom is -0.505 e. The largest absolute Gasteiger partial charge is 0.505 e. The molecule has 0 spiro atoms. The smallest absolute Gasteiger partial charge is 0.271 e. The van der Waals surface area contributed by atoms with Crippen LogP contribution in [0.15, 0.2) is 42.7 Å². The normalized spacial score (nSPS) is 15.2. The Morgan fingerprint density at radius 3 is 3.00 bits per heavy atom. The second kappa shape index (κ2) is 6.14. The Labute approximate surface area is 142 Å². The van der Waals surface area contributed by atoms with Crippen LogP contribution in [0.25, 0.3) is 5.65 Å². The molecule has 0 saturated carbocycles. The Balaban J connectivity index is 1.33. The Kier molecular flexibility index (Phi) is 3.81. The molecule has 0 aliphatic carbocycles. The van der Waals surface area contributed by atoms with Crippen molar-refractivity contribution in [3.8, 4) is 5.75 Å². The third-order valence-corrected chi connectivity index (χ3v) is 4.22. The molecule has 1 aliphatic rings. The molecule has 3 heterocycles. The maximum absolute atomic E-state index is 13.1. The van der Waals surface area contributed by atoms with Gasteiger partial charge in [-0.1, -0.05) is 6.07 Å². The summed E-state index contributed by atoms with van der Waals surface area (Å²) in [5.41, 5.74) is 1.85. The number of amides is 1. The van der Waals surface area contributed by atoms with Crippen molar-refractivity contribution in [3.05, 3.63) is 59.8 Å². The molecule has 8 heteroatoms. The number of imidazole rings is 1. The van der Waals surface area contributed by atoms with Crippen LogP contribution in [0.1, 0.15) is 16.1 Å². The quantitative estimate of drug-likeness (QED) is 0.745. The van der Waals surface area contributed by atoms with Gasteiger partial charge in [-0.05, 0) is 29.8 Å². The van der Waals surface area contributed by atoms with Crippen molar-refractivity contribution in [2.24, 2.45) is 0 Å². The standard InChI is InChI=1S/C17H16FN5O2/c18-13-4-3-11(6-15(13)24)8-22-9-12(10-22)21-17(25)14-7-19-16-2-1-5-20-23(14)16/h1-7,12,24H,8-10H2,(H,21,25). The van der Waals surface area contributed by atoms with E-state index >= 15 is 0 Å². The topological polar surface area (TPSA) is 82.8 Å². The van der Waals surface area contributed by atoms with Crippen LogP contribution < -0.4 is 5.32 Å². The van der Waals surface area contributed by atoms with E-state index in [1.165, 1.54) is 22.8 Å². The van der Waals surface area contributed by atoms with E-state index in [0.29, 0.717) is 31.0 Å². The lowest BCUT2D eigenvalue weighted by Gasteiger charge is -2.39. The molecule has 1 aliphatic heterocycles. The van der Waals surface area contributed by atoms with E-state index in [0.717, 1.165) is 5.56 Å². The molecular weight excluding hydrogens is 325 g/mol. The molecule has 1 amide bonds. The van der Waals surface area contributed by atoms with Crippen molar-refractivity contribution in [2.75, 3.05) is 13.1 Å². The lowest BCUT2D eigenvalue weighted by molar-refractivity contribution is 0.0788. The average Bonchev–Trinajstić information content (AvgIpc) is 3.00. The first kappa shape index (κ1) is 15.5. The Morgan fingerprint density at radius 1 is 1.36 bits per heavy atom. The highest BCUT2D eigenvalue weighted by molar-refractivity contribution is 5.93. The van der Waals surface area contributed by atoms with E-state index < -0.39 is 5.82 Å². The van der Waals surface area contributed by atoms with Crippen molar-refractivity contribution >= 4 is 11.6 Å². The van der Waals surface area contributed by atoms with E-state index in [-0.39, 0.29) is 17.7 Å². The summed E-state index contributed by atoms with van der Waals surface area (Å²) >= 11 is 0. The molecular formula is C17H16FN5O2. The van der Waals surface area contributed by atoms with Gasteiger partial charge in [0, 0.05) is 25.8 Å². The van der Waals surface area contributed by atoms with Gasteiger partial charge in [0.2, 0.25) is 0 Å². The fourth-order valence-corrected chi connectivity index (χ4v) is 2.95. The molecule has 0 radical (unpaired) electrons. The number of nitrogens with one attached hydrogen (secondary N) is 1. The Hall–Kier alpha value is -3.00. The summed E-state index contributed by atoms with van der Waals surface area (Å²) in [6.45, 7) is 1.97. The number of nitrogens with zero attached hydrogens (tertiary/aromatic N) is 4. The van der Waals surface area contributed by atoms with Crippen molar-refractivity contribution < 1.29 is 14.3 Å². The first-order valence-electron chi connectivity index (χ1n) is 7.89. The molecule has 0 atom stereocenters. The van der Waals surface area contributed by atoms with E-state index in [1.54, 1.807) is 24.4 Å². The van der Waals surface area contributed by atoms with Gasteiger partial charge in [0.1, 0.15) is 5.69 Å². The van der Waals surface area contributed by atoms with E-state index in [4.69, 9.17) is 0 Å². The molecule has 25 heavy (non-hydrogen) atoms. The highest BCUT2D eigenvalue weighted by Crippen LogP contribution is 2.20. The number of hydrogen-bond acceptors (Lipinski definition) is 5. The highest BCUT2D eigenvalue weighted by atomic mass is 19.1. The van der Waals surface area contributed by atoms with Gasteiger partial charge in [-0.15, -0.1) is 0 Å². The molecule has 3 aromatic rings. The van der Waals surface area contributed by atoms with Crippen molar-refractivity contribution in [1.29, 1.82) is 0 Å². The lowest BCUT2D eigenvalue weighted by atomic mass is 10.1. The van der Waals surface area contributed by atoms with Crippen LogP contribution in [-0.2, 0) is 6.54 Å². The molecule has 2 N–H and O–H groups in total. The number of likely N-dealkylation sites (tertiary alicyclic amines) is 1. The summed E-state index contributed by atoms with van der Waals surface area (Å²) in [6, 6.07) is 7.90. The number of phenols is 1. The third kappa shape index (κ3) is 3.03.